The van der Waals surface area contributed by atoms with Crippen LogP contribution in [0.3, 0.4) is 0 Å². The van der Waals surface area contributed by atoms with Crippen LogP contribution in [0.5, 0.6) is 0 Å². The van der Waals surface area contributed by atoms with Crippen molar-refractivity contribution in [1.29, 1.82) is 0 Å². The first-order valence-electron chi connectivity index (χ1n) is 6.81. The molecule has 1 N–H and O–H groups in total. The van der Waals surface area contributed by atoms with Gasteiger partial charge in [0.15, 0.2) is 0 Å². The Balaban J connectivity index is 2.16. The molecule has 1 atom stereocenters. The Bertz CT molecular complexity index is 581. The first-order chi connectivity index (χ1) is 9.43. The van der Waals surface area contributed by atoms with Gasteiger partial charge in [0.05, 0.1) is 5.75 Å². The molecule has 0 aliphatic carbocycles. The Morgan fingerprint density at radius 3 is 2.55 bits per heavy atom. The summed E-state index contributed by atoms with van der Waals surface area (Å²) < 4.78 is 25.7. The number of carbonyl (C=O) groups excluding carboxylic acids is 1. The average molecular weight is 296 g/mol. The van der Waals surface area contributed by atoms with Crippen molar-refractivity contribution in [2.45, 2.75) is 32.7 Å². The highest BCUT2D eigenvalue weighted by atomic mass is 32.2. The van der Waals surface area contributed by atoms with E-state index in [1.807, 2.05) is 31.2 Å². The fraction of sp³-hybridized carbons (Fsp3) is 0.500. The monoisotopic (exact) mass is 296 g/mol. The molecule has 1 aromatic carbocycles. The molecule has 2 rings (SSSR count). The van der Waals surface area contributed by atoms with Crippen LogP contribution in [0.1, 0.15) is 25.3 Å². The van der Waals surface area contributed by atoms with Crippen LogP contribution in [-0.4, -0.2) is 32.7 Å². The third kappa shape index (κ3) is 3.37. The number of rotatable bonds is 4. The smallest absolute Gasteiger partial charge is 0.245 e. The highest BCUT2D eigenvalue weighted by molar-refractivity contribution is 7.89. The number of piperidine rings is 1. The standard InChI is InChI=1S/C14H20N2O3S/c1-3-20(18,19)15-13-5-4-10-16(14(13)17)12-8-6-11(2)7-9-12/h6-9,13,15H,3-5,10H2,1-2H3. The highest BCUT2D eigenvalue weighted by Crippen LogP contribution is 2.21. The lowest BCUT2D eigenvalue weighted by Gasteiger charge is -2.32. The maximum absolute atomic E-state index is 12.4. The fourth-order valence-corrected chi connectivity index (χ4v) is 3.08. The fourth-order valence-electron chi connectivity index (χ4n) is 2.27. The van der Waals surface area contributed by atoms with Crippen LogP contribution in [0, 0.1) is 6.92 Å². The molecular weight excluding hydrogens is 276 g/mol. The number of amides is 1. The van der Waals surface area contributed by atoms with Gasteiger partial charge < -0.3 is 4.90 Å². The Labute approximate surface area is 120 Å². The first-order valence-corrected chi connectivity index (χ1v) is 8.46. The molecule has 0 saturated carbocycles. The molecule has 0 radical (unpaired) electrons. The largest absolute Gasteiger partial charge is 0.311 e. The van der Waals surface area contributed by atoms with Gasteiger partial charge in [0.25, 0.3) is 0 Å². The van der Waals surface area contributed by atoms with Crippen molar-refractivity contribution in [3.8, 4) is 0 Å². The second-order valence-corrected chi connectivity index (χ2v) is 7.08. The molecule has 20 heavy (non-hydrogen) atoms. The van der Waals surface area contributed by atoms with E-state index in [0.29, 0.717) is 13.0 Å². The van der Waals surface area contributed by atoms with Crippen molar-refractivity contribution in [3.05, 3.63) is 29.8 Å². The molecule has 6 heteroatoms. The third-order valence-electron chi connectivity index (χ3n) is 3.49. The topological polar surface area (TPSA) is 66.5 Å². The summed E-state index contributed by atoms with van der Waals surface area (Å²) >= 11 is 0. The summed E-state index contributed by atoms with van der Waals surface area (Å²) in [4.78, 5) is 14.1. The predicted molar refractivity (Wildman–Crippen MR) is 79.2 cm³/mol. The second kappa shape index (κ2) is 5.93. The Morgan fingerprint density at radius 2 is 1.95 bits per heavy atom. The molecule has 1 fully saturated rings. The molecule has 1 saturated heterocycles. The van der Waals surface area contributed by atoms with Crippen molar-refractivity contribution in [3.63, 3.8) is 0 Å². The SMILES string of the molecule is CCS(=O)(=O)NC1CCCN(c2ccc(C)cc2)C1=O. The van der Waals surface area contributed by atoms with Gasteiger partial charge in [0.2, 0.25) is 15.9 Å². The molecule has 0 spiro atoms. The van der Waals surface area contributed by atoms with Crippen LogP contribution in [-0.2, 0) is 14.8 Å². The molecule has 1 amide bonds. The minimum absolute atomic E-state index is 0.0126. The van der Waals surface area contributed by atoms with Crippen LogP contribution >= 0.6 is 0 Å². The average Bonchev–Trinajstić information content (AvgIpc) is 2.42. The molecule has 1 unspecified atom stereocenters. The summed E-state index contributed by atoms with van der Waals surface area (Å²) in [5, 5.41) is 0. The molecule has 5 nitrogen and oxygen atoms in total. The molecular formula is C14H20N2O3S. The Hall–Kier alpha value is -1.40. The molecule has 1 heterocycles. The molecule has 1 aliphatic heterocycles. The van der Waals surface area contributed by atoms with Gasteiger partial charge in [0.1, 0.15) is 6.04 Å². The van der Waals surface area contributed by atoms with Crippen molar-refractivity contribution in [1.82, 2.24) is 4.72 Å². The number of aryl methyl sites for hydroxylation is 1. The van der Waals surface area contributed by atoms with Gasteiger partial charge in [-0.1, -0.05) is 17.7 Å². The number of nitrogens with zero attached hydrogens (tertiary/aromatic N) is 1. The van der Waals surface area contributed by atoms with Gasteiger partial charge in [-0.05, 0) is 38.8 Å². The number of hydrogen-bond donors (Lipinski definition) is 1. The van der Waals surface area contributed by atoms with Crippen LogP contribution in [0.25, 0.3) is 0 Å². The first kappa shape index (κ1) is 15.0. The van der Waals surface area contributed by atoms with Crippen LogP contribution in [0.2, 0.25) is 0 Å². The predicted octanol–water partition coefficient (Wildman–Crippen LogP) is 1.43. The van der Waals surface area contributed by atoms with E-state index in [2.05, 4.69) is 4.72 Å². The maximum Gasteiger partial charge on any atom is 0.245 e. The zero-order valence-corrected chi connectivity index (χ0v) is 12.6. The number of hydrogen-bond acceptors (Lipinski definition) is 3. The van der Waals surface area contributed by atoms with E-state index < -0.39 is 16.1 Å². The van der Waals surface area contributed by atoms with E-state index >= 15 is 0 Å². The van der Waals surface area contributed by atoms with Crippen molar-refractivity contribution < 1.29 is 13.2 Å². The van der Waals surface area contributed by atoms with E-state index in [1.165, 1.54) is 0 Å². The van der Waals surface area contributed by atoms with Crippen molar-refractivity contribution >= 4 is 21.6 Å². The van der Waals surface area contributed by atoms with Crippen molar-refractivity contribution in [2.75, 3.05) is 17.2 Å². The summed E-state index contributed by atoms with van der Waals surface area (Å²) in [7, 11) is -3.36. The van der Waals surface area contributed by atoms with Gasteiger partial charge in [-0.15, -0.1) is 0 Å². The van der Waals surface area contributed by atoms with E-state index in [-0.39, 0.29) is 11.7 Å². The summed E-state index contributed by atoms with van der Waals surface area (Å²) in [6.45, 7) is 4.18. The lowest BCUT2D eigenvalue weighted by molar-refractivity contribution is -0.121. The zero-order valence-electron chi connectivity index (χ0n) is 11.8. The molecule has 1 aliphatic rings. The third-order valence-corrected chi connectivity index (χ3v) is 4.89. The lowest BCUT2D eigenvalue weighted by Crippen LogP contribution is -2.52. The van der Waals surface area contributed by atoms with E-state index in [4.69, 9.17) is 0 Å². The minimum atomic E-state index is -3.36. The van der Waals surface area contributed by atoms with Crippen LogP contribution < -0.4 is 9.62 Å². The number of carbonyl (C=O) groups is 1. The van der Waals surface area contributed by atoms with E-state index in [1.54, 1.807) is 11.8 Å². The van der Waals surface area contributed by atoms with E-state index in [9.17, 15) is 13.2 Å². The summed E-state index contributed by atoms with van der Waals surface area (Å²) in [5.74, 6) is -0.182. The van der Waals surface area contributed by atoms with Gasteiger partial charge in [0, 0.05) is 12.2 Å². The number of sulfonamides is 1. The second-order valence-electron chi connectivity index (χ2n) is 5.04. The summed E-state index contributed by atoms with van der Waals surface area (Å²) in [6.07, 6.45) is 1.34. The molecule has 110 valence electrons. The number of anilines is 1. The Morgan fingerprint density at radius 1 is 1.30 bits per heavy atom. The highest BCUT2D eigenvalue weighted by Gasteiger charge is 2.31. The lowest BCUT2D eigenvalue weighted by atomic mass is 10.0. The van der Waals surface area contributed by atoms with Gasteiger partial charge >= 0.3 is 0 Å². The zero-order chi connectivity index (χ0) is 14.8. The van der Waals surface area contributed by atoms with Crippen LogP contribution in [0.4, 0.5) is 5.69 Å². The Kier molecular flexibility index (Phi) is 4.45. The number of nitrogens with one attached hydrogen (secondary N) is 1. The summed E-state index contributed by atoms with van der Waals surface area (Å²) in [5.41, 5.74) is 1.95. The molecule has 0 aromatic heterocycles. The van der Waals surface area contributed by atoms with Gasteiger partial charge in [-0.25, -0.2) is 13.1 Å². The molecule has 1 aromatic rings. The van der Waals surface area contributed by atoms with Gasteiger partial charge in [-0.2, -0.15) is 0 Å². The van der Waals surface area contributed by atoms with Crippen molar-refractivity contribution in [2.24, 2.45) is 0 Å². The van der Waals surface area contributed by atoms with E-state index in [0.717, 1.165) is 17.7 Å². The maximum atomic E-state index is 12.4. The van der Waals surface area contributed by atoms with Gasteiger partial charge in [-0.3, -0.25) is 4.79 Å². The summed E-state index contributed by atoms with van der Waals surface area (Å²) in [6, 6.07) is 7.04. The van der Waals surface area contributed by atoms with Crippen LogP contribution in [0.15, 0.2) is 24.3 Å². The minimum Gasteiger partial charge on any atom is -0.311 e. The number of benzene rings is 1. The molecule has 0 bridgehead atoms. The quantitative estimate of drug-likeness (QED) is 0.914. The normalized spacial score (nSPS) is 20.2.